The minimum atomic E-state index is -0.522. The van der Waals surface area contributed by atoms with Gasteiger partial charge in [-0.2, -0.15) is 0 Å². The van der Waals surface area contributed by atoms with E-state index in [9.17, 15) is 13.2 Å². The van der Waals surface area contributed by atoms with Gasteiger partial charge in [0.05, 0.1) is 29.2 Å². The van der Waals surface area contributed by atoms with Gasteiger partial charge < -0.3 is 10.6 Å². The third kappa shape index (κ3) is 8.83. The molecule has 0 aliphatic carbocycles. The molecule has 0 bridgehead atoms. The first-order valence-corrected chi connectivity index (χ1v) is 12.5. The van der Waals surface area contributed by atoms with E-state index in [1.165, 1.54) is 42.2 Å². The first-order chi connectivity index (χ1) is 17.2. The van der Waals surface area contributed by atoms with Crippen LogP contribution in [0.15, 0.2) is 53.9 Å². The summed E-state index contributed by atoms with van der Waals surface area (Å²) in [5, 5.41) is 0.879. The first kappa shape index (κ1) is 29.1. The van der Waals surface area contributed by atoms with Gasteiger partial charge in [0.1, 0.15) is 11.6 Å². The van der Waals surface area contributed by atoms with E-state index in [1.807, 2.05) is 13.8 Å². The summed E-state index contributed by atoms with van der Waals surface area (Å²) in [6, 6.07) is 7.14. The molecule has 36 heavy (non-hydrogen) atoms. The normalized spacial score (nSPS) is 15.1. The van der Waals surface area contributed by atoms with Crippen LogP contribution in [0.2, 0.25) is 5.02 Å². The van der Waals surface area contributed by atoms with Crippen molar-refractivity contribution in [1.29, 1.82) is 0 Å². The highest BCUT2D eigenvalue weighted by molar-refractivity contribution is 8.13. The maximum absolute atomic E-state index is 14.3. The first-order valence-electron chi connectivity index (χ1n) is 11.1. The van der Waals surface area contributed by atoms with E-state index in [0.29, 0.717) is 33.7 Å². The Morgan fingerprint density at radius 1 is 1.08 bits per heavy atom. The molecule has 0 spiro atoms. The highest BCUT2D eigenvalue weighted by atomic mass is 35.5. The number of amidine groups is 1. The molecule has 1 aliphatic rings. The fraction of sp³-hybridized carbons (Fsp3) is 0.280. The maximum atomic E-state index is 14.3. The standard InChI is InChI=1S/C17H14ClF2N3S.C6H8FN3.C2H6/c18-11-2-4-16(22-9-11)14(20)8-10-1-3-13(19)12(7-10)15-5-6-24-17(21)23-15;1-10(2)6-8-3-5(7)4-9-6;1-2/h1-4,7-9,15H,5-6H2,(H2,21,23);3-4H,1-2H3;1-2H3/b14-8-;;. The van der Waals surface area contributed by atoms with Crippen LogP contribution < -0.4 is 10.6 Å². The number of nitrogens with zero attached hydrogens (tertiary/aromatic N) is 5. The molecule has 4 rings (SSSR count). The Kier molecular flexibility index (Phi) is 11.7. The molecular weight excluding hydrogens is 509 g/mol. The predicted octanol–water partition coefficient (Wildman–Crippen LogP) is 6.54. The summed E-state index contributed by atoms with van der Waals surface area (Å²) in [5.41, 5.74) is 6.84. The van der Waals surface area contributed by atoms with Gasteiger partial charge in [0.25, 0.3) is 0 Å². The average molecular weight is 537 g/mol. The predicted molar refractivity (Wildman–Crippen MR) is 144 cm³/mol. The summed E-state index contributed by atoms with van der Waals surface area (Å²) in [5.74, 6) is -0.00758. The van der Waals surface area contributed by atoms with Gasteiger partial charge in [-0.05, 0) is 42.3 Å². The van der Waals surface area contributed by atoms with Crippen molar-refractivity contribution in [3.05, 3.63) is 82.4 Å². The molecule has 1 aromatic carbocycles. The van der Waals surface area contributed by atoms with Gasteiger partial charge in [0, 0.05) is 31.6 Å². The highest BCUT2D eigenvalue weighted by Gasteiger charge is 2.19. The molecule has 0 amide bonds. The smallest absolute Gasteiger partial charge is 0.224 e. The van der Waals surface area contributed by atoms with Crippen LogP contribution in [0.5, 0.6) is 0 Å². The number of thioether (sulfide) groups is 1. The van der Waals surface area contributed by atoms with Crippen LogP contribution in [0.3, 0.4) is 0 Å². The van der Waals surface area contributed by atoms with E-state index in [1.54, 1.807) is 31.1 Å². The summed E-state index contributed by atoms with van der Waals surface area (Å²) in [7, 11) is 3.60. The molecule has 6 nitrogen and oxygen atoms in total. The number of aliphatic imine (C=N–C) groups is 1. The van der Waals surface area contributed by atoms with E-state index in [2.05, 4.69) is 19.9 Å². The number of hydrogen-bond donors (Lipinski definition) is 1. The molecule has 192 valence electrons. The van der Waals surface area contributed by atoms with E-state index in [-0.39, 0.29) is 17.6 Å². The SMILES string of the molecule is CC.CN(C)c1ncc(F)cn1.NC1=NC(c2cc(/C=C(\F)c3ccc(Cl)cn3)ccc2F)CCS1. The molecule has 2 aromatic heterocycles. The van der Waals surface area contributed by atoms with Crippen molar-refractivity contribution in [3.8, 4) is 0 Å². The second kappa shape index (κ2) is 14.4. The van der Waals surface area contributed by atoms with Gasteiger partial charge in [-0.15, -0.1) is 0 Å². The molecule has 0 fully saturated rings. The van der Waals surface area contributed by atoms with Gasteiger partial charge in [-0.25, -0.2) is 23.1 Å². The molecule has 3 heterocycles. The second-order valence-electron chi connectivity index (χ2n) is 7.35. The van der Waals surface area contributed by atoms with Crippen LogP contribution in [-0.2, 0) is 0 Å². The van der Waals surface area contributed by atoms with Crippen molar-refractivity contribution in [1.82, 2.24) is 15.0 Å². The Labute approximate surface area is 218 Å². The van der Waals surface area contributed by atoms with E-state index < -0.39 is 11.6 Å². The van der Waals surface area contributed by atoms with Crippen molar-refractivity contribution in [2.24, 2.45) is 10.7 Å². The molecule has 0 radical (unpaired) electrons. The summed E-state index contributed by atoms with van der Waals surface area (Å²) in [6.45, 7) is 4.00. The van der Waals surface area contributed by atoms with Crippen LogP contribution in [-0.4, -0.2) is 40.0 Å². The fourth-order valence-corrected chi connectivity index (χ4v) is 3.80. The van der Waals surface area contributed by atoms with Crippen LogP contribution >= 0.6 is 23.4 Å². The number of anilines is 1. The van der Waals surface area contributed by atoms with Gasteiger partial charge >= 0.3 is 0 Å². The number of nitrogens with two attached hydrogens (primary N) is 1. The highest BCUT2D eigenvalue weighted by Crippen LogP contribution is 2.31. The number of hydrogen-bond acceptors (Lipinski definition) is 7. The molecule has 3 aromatic rings. The van der Waals surface area contributed by atoms with E-state index >= 15 is 0 Å². The zero-order valence-corrected chi connectivity index (χ0v) is 22.0. The van der Waals surface area contributed by atoms with Crippen molar-refractivity contribution < 1.29 is 13.2 Å². The summed E-state index contributed by atoms with van der Waals surface area (Å²) in [4.78, 5) is 17.3. The van der Waals surface area contributed by atoms with Crippen molar-refractivity contribution >= 4 is 46.4 Å². The Morgan fingerprint density at radius 2 is 1.78 bits per heavy atom. The summed E-state index contributed by atoms with van der Waals surface area (Å²) < 4.78 is 40.6. The molecule has 0 saturated carbocycles. The number of rotatable bonds is 4. The molecule has 0 saturated heterocycles. The lowest BCUT2D eigenvalue weighted by Crippen LogP contribution is -2.16. The van der Waals surface area contributed by atoms with Gasteiger partial charge in [-0.3, -0.25) is 9.98 Å². The van der Waals surface area contributed by atoms with Crippen LogP contribution in [0, 0.1) is 11.6 Å². The minimum Gasteiger partial charge on any atom is -0.379 e. The monoisotopic (exact) mass is 536 g/mol. The van der Waals surface area contributed by atoms with Crippen molar-refractivity contribution in [2.45, 2.75) is 26.3 Å². The largest absolute Gasteiger partial charge is 0.379 e. The lowest BCUT2D eigenvalue weighted by atomic mass is 10.0. The van der Waals surface area contributed by atoms with Gasteiger partial charge in [-0.1, -0.05) is 43.3 Å². The van der Waals surface area contributed by atoms with Crippen LogP contribution in [0.4, 0.5) is 19.1 Å². The topological polar surface area (TPSA) is 80.3 Å². The second-order valence-corrected chi connectivity index (χ2v) is 8.90. The lowest BCUT2D eigenvalue weighted by molar-refractivity contribution is 0.577. The number of aromatic nitrogens is 3. The molecule has 2 N–H and O–H groups in total. The lowest BCUT2D eigenvalue weighted by Gasteiger charge is -2.19. The van der Waals surface area contributed by atoms with Crippen molar-refractivity contribution in [2.75, 3.05) is 24.7 Å². The third-order valence-corrected chi connectivity index (χ3v) is 5.64. The summed E-state index contributed by atoms with van der Waals surface area (Å²) in [6.07, 6.45) is 5.66. The molecule has 1 unspecified atom stereocenters. The van der Waals surface area contributed by atoms with Crippen molar-refractivity contribution in [3.63, 3.8) is 0 Å². The van der Waals surface area contributed by atoms with Gasteiger partial charge in [0.2, 0.25) is 5.95 Å². The van der Waals surface area contributed by atoms with Crippen LogP contribution in [0.25, 0.3) is 11.9 Å². The Morgan fingerprint density at radius 3 is 2.36 bits per heavy atom. The average Bonchev–Trinajstić information content (AvgIpc) is 2.87. The molecule has 11 heteroatoms. The van der Waals surface area contributed by atoms with Gasteiger partial charge in [0.15, 0.2) is 11.0 Å². The Balaban J connectivity index is 0.000000318. The quantitative estimate of drug-likeness (QED) is 0.407. The third-order valence-electron chi connectivity index (χ3n) is 4.58. The minimum absolute atomic E-state index is 0.168. The van der Waals surface area contributed by atoms with Crippen LogP contribution in [0.1, 0.15) is 43.1 Å². The Hall–Kier alpha value is -3.11. The number of benzene rings is 1. The van der Waals surface area contributed by atoms with E-state index in [4.69, 9.17) is 17.3 Å². The number of pyridine rings is 1. The summed E-state index contributed by atoms with van der Waals surface area (Å²) >= 11 is 7.19. The number of halogens is 4. The molecule has 1 atom stereocenters. The fourth-order valence-electron chi connectivity index (χ4n) is 2.94. The molecule has 1 aliphatic heterocycles. The zero-order chi connectivity index (χ0) is 26.7. The maximum Gasteiger partial charge on any atom is 0.224 e. The Bertz CT molecular complexity index is 1170. The molecular formula is C25H28ClF3N6S. The zero-order valence-electron chi connectivity index (χ0n) is 20.4. The van der Waals surface area contributed by atoms with E-state index in [0.717, 1.165) is 18.1 Å².